The molecule has 5 aliphatic rings. The number of rotatable bonds is 10. The molecule has 13 heterocycles. The number of thiophene rings is 3. The highest BCUT2D eigenvalue weighted by molar-refractivity contribution is 9.10. The molecule has 0 aromatic carbocycles. The molecule has 0 unspecified atom stereocenters. The number of aromatic nitrogens is 11. The van der Waals surface area contributed by atoms with Crippen LogP contribution < -0.4 is 32.5 Å². The number of aromatic amines is 1. The third-order valence-electron chi connectivity index (χ3n) is 18.4. The summed E-state index contributed by atoms with van der Waals surface area (Å²) in [5.41, 5.74) is 6.84. The number of aryl methyl sites for hydroxylation is 1. The van der Waals surface area contributed by atoms with E-state index in [0.717, 1.165) is 103 Å². The largest absolute Gasteiger partial charge is 0.378 e. The molecule has 2 saturated heterocycles. The van der Waals surface area contributed by atoms with Crippen molar-refractivity contribution in [1.82, 2.24) is 59.2 Å². The van der Waals surface area contributed by atoms with Crippen molar-refractivity contribution in [2.45, 2.75) is 99.1 Å². The summed E-state index contributed by atoms with van der Waals surface area (Å²) in [6, 6.07) is 11.2. The van der Waals surface area contributed by atoms with Gasteiger partial charge >= 0.3 is 0 Å². The minimum Gasteiger partial charge on any atom is -0.378 e. The van der Waals surface area contributed by atoms with Crippen LogP contribution in [0.2, 0.25) is 10.0 Å². The molecule has 0 saturated carbocycles. The number of carbonyl (C=O) groups is 3. The lowest BCUT2D eigenvalue weighted by Gasteiger charge is -2.46. The predicted octanol–water partition coefficient (Wildman–Crippen LogP) is 12.0. The van der Waals surface area contributed by atoms with E-state index in [9.17, 15) is 33.6 Å². The van der Waals surface area contributed by atoms with Crippen LogP contribution in [0.4, 0.5) is 17.2 Å². The van der Waals surface area contributed by atoms with Crippen molar-refractivity contribution in [3.63, 3.8) is 0 Å². The Kier molecular flexibility index (Phi) is 18.8. The molecule has 2 fully saturated rings. The Morgan fingerprint density at radius 2 is 1.16 bits per heavy atom. The van der Waals surface area contributed by atoms with Gasteiger partial charge in [-0.25, -0.2) is 25.0 Å². The molecular weight excluding hydrogens is 1410 g/mol. The van der Waals surface area contributed by atoms with Gasteiger partial charge in [-0.1, -0.05) is 64.7 Å². The number of carbonyl (C=O) groups excluding carboxylic acids is 3. The van der Waals surface area contributed by atoms with Gasteiger partial charge in [0.05, 0.1) is 76.5 Å². The minimum absolute atomic E-state index is 0.0512. The van der Waals surface area contributed by atoms with Crippen LogP contribution in [0.5, 0.6) is 0 Å². The third-order valence-corrected chi connectivity index (χ3v) is 23.4. The maximum absolute atomic E-state index is 13.7. The van der Waals surface area contributed by atoms with Gasteiger partial charge in [0, 0.05) is 93.9 Å². The number of pyridine rings is 5. The first-order valence-electron chi connectivity index (χ1n) is 31.7. The van der Waals surface area contributed by atoms with E-state index in [4.69, 9.17) is 27.9 Å². The van der Waals surface area contributed by atoms with Gasteiger partial charge in [-0.2, -0.15) is 24.7 Å². The number of halogens is 3. The molecule has 2 N–H and O–H groups in total. The lowest BCUT2D eigenvalue weighted by molar-refractivity contribution is -0.0691. The van der Waals surface area contributed by atoms with Gasteiger partial charge in [0.1, 0.15) is 30.2 Å². The number of hydrogen-bond donors (Lipinski definition) is 2. The number of nitrogens with zero attached hydrogens (tertiary/aromatic N) is 12. The van der Waals surface area contributed by atoms with E-state index in [-0.39, 0.29) is 60.9 Å². The molecule has 16 rings (SSSR count). The number of anilines is 3. The molecular formula is C70H67BrCl2N14O8S3. The van der Waals surface area contributed by atoms with Crippen LogP contribution in [0.3, 0.4) is 0 Å². The summed E-state index contributed by atoms with van der Waals surface area (Å²) in [7, 11) is 1.66. The maximum atomic E-state index is 13.7. The second-order valence-electron chi connectivity index (χ2n) is 27.5. The third kappa shape index (κ3) is 13.3. The molecule has 0 spiro atoms. The van der Waals surface area contributed by atoms with Gasteiger partial charge in [-0.3, -0.25) is 38.5 Å². The smallest absolute Gasteiger partial charge is 0.290 e. The standard InChI is InChI=1S/C36H38N8O4S.C17H14ClN3O2S.C11H12N2OS.C6H3BrClNO/c1-21-16-42(24-19-48-20-24)9-10-43(21)23-5-6-31(38-14-23)40-29-11-22(17-41(4)34(29)46)25-7-8-37-33(28(25)18-45)44-35(47)32-27(15-39-44)26-12-36(2,3)13-30(26)49-32;1-17(2)5-9-10-7-20-21(16(23)14(10)24-13(9)6-17)15-11(8-22)12(18)3-4-19-15;1-11(2)3-6-7-5-12-13-10(14)9(7)15-8(6)4-11;7-6-4(3-10)5(8)1-2-9-6/h5-8,11,14-15,17-18,21,24H,9-10,12-13,16,19-20H2,1-4H3,(H,38,40);3-4,7-8H,5-6H2,1-2H3;5H,3-4H2,1-2H3,(H,13,14);1-3H/t21-;;;/m0.../s1. The predicted molar refractivity (Wildman–Crippen MR) is 389 cm³/mol. The molecule has 11 aromatic rings. The van der Waals surface area contributed by atoms with Crippen molar-refractivity contribution in [1.29, 1.82) is 0 Å². The topological polar surface area (TPSA) is 268 Å². The summed E-state index contributed by atoms with van der Waals surface area (Å²) in [6.45, 7) is 20.2. The van der Waals surface area contributed by atoms with Crippen molar-refractivity contribution < 1.29 is 19.1 Å². The highest BCUT2D eigenvalue weighted by atomic mass is 79.9. The molecule has 0 bridgehead atoms. The van der Waals surface area contributed by atoms with E-state index >= 15 is 0 Å². The molecule has 0 radical (unpaired) electrons. The Hall–Kier alpha value is -8.34. The zero-order chi connectivity index (χ0) is 69.3. The molecule has 1 atom stereocenters. The van der Waals surface area contributed by atoms with E-state index in [0.29, 0.717) is 83.6 Å². The first-order chi connectivity index (χ1) is 46.8. The van der Waals surface area contributed by atoms with Gasteiger partial charge in [-0.05, 0) is 136 Å². The van der Waals surface area contributed by atoms with Crippen molar-refractivity contribution in [3.05, 3.63) is 190 Å². The first-order valence-corrected chi connectivity index (χ1v) is 35.7. The molecule has 98 heavy (non-hydrogen) atoms. The van der Waals surface area contributed by atoms with Gasteiger partial charge in [0.25, 0.3) is 22.2 Å². The van der Waals surface area contributed by atoms with E-state index in [1.165, 1.54) is 81.7 Å². The second-order valence-corrected chi connectivity index (χ2v) is 32.4. The van der Waals surface area contributed by atoms with Crippen LogP contribution in [-0.2, 0) is 50.3 Å². The van der Waals surface area contributed by atoms with Crippen molar-refractivity contribution >= 4 is 139 Å². The van der Waals surface area contributed by atoms with Crippen LogP contribution in [0.15, 0.2) is 110 Å². The summed E-state index contributed by atoms with van der Waals surface area (Å²) >= 11 is 19.4. The van der Waals surface area contributed by atoms with Gasteiger partial charge in [0.15, 0.2) is 30.5 Å². The second kappa shape index (κ2) is 27.1. The van der Waals surface area contributed by atoms with E-state index in [1.54, 1.807) is 67.6 Å². The van der Waals surface area contributed by atoms with Crippen molar-refractivity contribution in [2.75, 3.05) is 43.1 Å². The number of nitrogens with one attached hydrogen (secondary N) is 2. The first kappa shape index (κ1) is 68.2. The van der Waals surface area contributed by atoms with Gasteiger partial charge in [0.2, 0.25) is 0 Å². The monoisotopic (exact) mass is 1480 g/mol. The summed E-state index contributed by atoms with van der Waals surface area (Å²) in [4.78, 5) is 111. The maximum Gasteiger partial charge on any atom is 0.290 e. The average molecular weight is 1480 g/mol. The summed E-state index contributed by atoms with van der Waals surface area (Å²) in [5.74, 6) is 0.834. The highest BCUT2D eigenvalue weighted by Gasteiger charge is 2.37. The van der Waals surface area contributed by atoms with Crippen LogP contribution in [0.25, 0.3) is 53.0 Å². The molecule has 0 amide bonds. The van der Waals surface area contributed by atoms with Crippen LogP contribution in [0, 0.1) is 16.2 Å². The number of H-pyrrole nitrogens is 1. The van der Waals surface area contributed by atoms with E-state index in [2.05, 4.69) is 120 Å². The number of hydrogen-bond acceptors (Lipinski definition) is 21. The number of ether oxygens (including phenoxy) is 1. The molecule has 2 aliphatic heterocycles. The van der Waals surface area contributed by atoms with Crippen LogP contribution in [-0.4, -0.2) is 123 Å². The SMILES string of the molecule is CC1(C)Cc2sc3c(=O)[nH]ncc3c2C1.CC1(C)Cc2sc3c(=O)n(-c4nccc(Cl)c4C=O)ncc3c2C1.C[C@H]1CN(C2COC2)CCN1c1ccc(Nc2cc(-c3ccnc(-n4ncc5c6c(sc5c4=O)CC(C)(C)C6)c3C=O)cn(C)c2=O)nc1.O=Cc1c(Cl)ccnc1Br. The average Bonchev–Trinajstić information content (AvgIpc) is 1.58. The fourth-order valence-corrected chi connectivity index (χ4v) is 18.9. The van der Waals surface area contributed by atoms with E-state index in [1.807, 2.05) is 18.3 Å². The Bertz CT molecular complexity index is 5250. The fraction of sp³-hybridized carbons (Fsp3) is 0.343. The van der Waals surface area contributed by atoms with Gasteiger partial charge < -0.3 is 19.5 Å². The molecule has 22 nitrogen and oxygen atoms in total. The summed E-state index contributed by atoms with van der Waals surface area (Å²) in [5, 5.41) is 21.8. The number of aldehydes is 3. The quantitative estimate of drug-likeness (QED) is 0.0951. The summed E-state index contributed by atoms with van der Waals surface area (Å²) < 4.78 is 11.8. The molecule has 11 aromatic heterocycles. The molecule has 504 valence electrons. The van der Waals surface area contributed by atoms with E-state index < -0.39 is 0 Å². The zero-order valence-corrected chi connectivity index (χ0v) is 60.3. The molecule has 3 aliphatic carbocycles. The number of fused-ring (bicyclic) bond motifs is 9. The zero-order valence-electron chi connectivity index (χ0n) is 54.7. The van der Waals surface area contributed by atoms with Crippen LogP contribution >= 0.6 is 73.1 Å². The van der Waals surface area contributed by atoms with Crippen LogP contribution in [0.1, 0.15) is 111 Å². The van der Waals surface area contributed by atoms with Crippen molar-refractivity contribution in [3.8, 4) is 22.8 Å². The Morgan fingerprint density at radius 1 is 0.633 bits per heavy atom. The Balaban J connectivity index is 0.000000143. The lowest BCUT2D eigenvalue weighted by Crippen LogP contribution is -2.59. The normalized spacial score (nSPS) is 17.2. The lowest BCUT2D eigenvalue weighted by atomic mass is 9.90. The fourth-order valence-electron chi connectivity index (χ4n) is 13.5. The Morgan fingerprint density at radius 3 is 1.67 bits per heavy atom. The summed E-state index contributed by atoms with van der Waals surface area (Å²) in [6.07, 6.45) is 21.1. The number of piperazine rings is 1. The minimum atomic E-state index is -0.302. The van der Waals surface area contributed by atoms with Crippen molar-refractivity contribution in [2.24, 2.45) is 23.3 Å². The molecule has 28 heteroatoms. The Labute approximate surface area is 591 Å². The van der Waals surface area contributed by atoms with Gasteiger partial charge in [-0.15, -0.1) is 34.0 Å². The highest BCUT2D eigenvalue weighted by Crippen LogP contribution is 2.46.